The first kappa shape index (κ1) is 7.23. The van der Waals surface area contributed by atoms with E-state index in [9.17, 15) is 0 Å². The summed E-state index contributed by atoms with van der Waals surface area (Å²) in [7, 11) is 0. The molecule has 0 nitrogen and oxygen atoms in total. The first-order valence-corrected chi connectivity index (χ1v) is 4.97. The highest BCUT2D eigenvalue weighted by atomic mass is 32.2. The fourth-order valence-corrected chi connectivity index (χ4v) is 1.49. The van der Waals surface area contributed by atoms with Crippen molar-refractivity contribution >= 4 is 11.8 Å². The lowest BCUT2D eigenvalue weighted by molar-refractivity contribution is 1.47. The third kappa shape index (κ3) is 2.26. The van der Waals surface area contributed by atoms with Crippen molar-refractivity contribution in [2.75, 3.05) is 0 Å². The molecule has 11 heavy (non-hydrogen) atoms. The number of rotatable bonds is 0. The summed E-state index contributed by atoms with van der Waals surface area (Å²) in [6.07, 6.45) is 1.55. The Labute approximate surface area is 72.0 Å². The lowest BCUT2D eigenvalue weighted by Gasteiger charge is -1.82. The second-order valence-corrected chi connectivity index (χ2v) is 4.59. The smallest absolute Gasteiger partial charge is 0.0181 e. The maximum Gasteiger partial charge on any atom is 0.0181 e. The molecule has 1 saturated carbocycles. The lowest BCUT2D eigenvalue weighted by atomic mass is 10.2. The van der Waals surface area contributed by atoms with E-state index in [1.165, 1.54) is 16.1 Å². The predicted octanol–water partition coefficient (Wildman–Crippen LogP) is 2.87. The summed E-state index contributed by atoms with van der Waals surface area (Å²) in [5.74, 6) is 0. The molecule has 0 amide bonds. The minimum atomic E-state index is 1.17. The number of hydrogen-bond donors (Lipinski definition) is 0. The first-order chi connectivity index (χ1) is 5.36. The summed E-state index contributed by atoms with van der Waals surface area (Å²) in [5, 5.41) is 2.33. The van der Waals surface area contributed by atoms with Gasteiger partial charge in [-0.25, -0.2) is 0 Å². The molecule has 2 fully saturated rings. The predicted molar refractivity (Wildman–Crippen MR) is 51.0 cm³/mol. The van der Waals surface area contributed by atoms with E-state index in [0.717, 1.165) is 0 Å². The van der Waals surface area contributed by atoms with Crippen molar-refractivity contribution in [2.24, 2.45) is 0 Å². The Morgan fingerprint density at radius 1 is 1.18 bits per heavy atom. The largest absolute Gasteiger partial charge is 0.153 e. The molecule has 3 rings (SSSR count). The summed E-state index contributed by atoms with van der Waals surface area (Å²) in [6.45, 7) is 2.08. The molecule has 1 saturated heterocycles. The number of hydrogen-bond acceptors (Lipinski definition) is 1. The highest BCUT2D eigenvalue weighted by Crippen LogP contribution is 2.62. The molecular weight excluding hydrogens is 152 g/mol. The highest BCUT2D eigenvalue weighted by molar-refractivity contribution is 8.09. The third-order valence-electron chi connectivity index (χ3n) is 1.89. The van der Waals surface area contributed by atoms with Crippen LogP contribution in [0, 0.1) is 6.92 Å². The molecule has 2 aliphatic rings. The molecule has 0 aromatic heterocycles. The van der Waals surface area contributed by atoms with E-state index in [-0.39, 0.29) is 0 Å². The van der Waals surface area contributed by atoms with Crippen LogP contribution in [-0.2, 0) is 0 Å². The normalized spacial score (nSPS) is 29.5. The molecular formula is C10H12S. The van der Waals surface area contributed by atoms with E-state index in [0.29, 0.717) is 0 Å². The maximum atomic E-state index is 2.12. The molecule has 1 heteroatoms. The molecule has 0 radical (unpaired) electrons. The van der Waals surface area contributed by atoms with Crippen molar-refractivity contribution in [1.29, 1.82) is 0 Å². The van der Waals surface area contributed by atoms with Gasteiger partial charge < -0.3 is 0 Å². The minimum Gasteiger partial charge on any atom is -0.153 e. The van der Waals surface area contributed by atoms with Crippen LogP contribution in [0.25, 0.3) is 0 Å². The summed E-state index contributed by atoms with van der Waals surface area (Å²) in [4.78, 5) is 0. The van der Waals surface area contributed by atoms with Gasteiger partial charge in [-0.05, 0) is 13.3 Å². The van der Waals surface area contributed by atoms with Crippen LogP contribution in [-0.4, -0.2) is 10.5 Å². The Morgan fingerprint density at radius 2 is 1.64 bits per heavy atom. The van der Waals surface area contributed by atoms with Gasteiger partial charge in [0.1, 0.15) is 0 Å². The molecule has 2 atom stereocenters. The van der Waals surface area contributed by atoms with E-state index in [4.69, 9.17) is 0 Å². The van der Waals surface area contributed by atoms with Gasteiger partial charge in [0.15, 0.2) is 0 Å². The maximum absolute atomic E-state index is 2.12. The molecule has 1 aromatic rings. The topological polar surface area (TPSA) is 0 Å². The van der Waals surface area contributed by atoms with Crippen molar-refractivity contribution < 1.29 is 0 Å². The van der Waals surface area contributed by atoms with Gasteiger partial charge in [-0.1, -0.05) is 35.9 Å². The highest BCUT2D eigenvalue weighted by Gasteiger charge is 2.54. The Kier molecular flexibility index (Phi) is 1.91. The number of fused-ring (bicyclic) bond motifs is 1. The van der Waals surface area contributed by atoms with Gasteiger partial charge >= 0.3 is 0 Å². The molecule has 1 aliphatic heterocycles. The van der Waals surface area contributed by atoms with Gasteiger partial charge in [0.05, 0.1) is 0 Å². The summed E-state index contributed by atoms with van der Waals surface area (Å²) < 4.78 is 0. The van der Waals surface area contributed by atoms with Gasteiger partial charge in [-0.15, -0.1) is 0 Å². The fourth-order valence-electron chi connectivity index (χ4n) is 0.853. The van der Waals surface area contributed by atoms with Gasteiger partial charge in [-0.2, -0.15) is 11.8 Å². The summed E-state index contributed by atoms with van der Waals surface area (Å²) >= 11 is 2.12. The van der Waals surface area contributed by atoms with E-state index in [2.05, 4.69) is 30.8 Å². The van der Waals surface area contributed by atoms with Crippen molar-refractivity contribution in [3.63, 3.8) is 0 Å². The van der Waals surface area contributed by atoms with Crippen LogP contribution < -0.4 is 0 Å². The molecule has 1 heterocycles. The van der Waals surface area contributed by atoms with E-state index >= 15 is 0 Å². The Balaban J connectivity index is 0.0000000986. The quantitative estimate of drug-likeness (QED) is 0.531. The van der Waals surface area contributed by atoms with Crippen LogP contribution in [0.4, 0.5) is 0 Å². The molecule has 1 aliphatic carbocycles. The van der Waals surface area contributed by atoms with Crippen LogP contribution in [0.5, 0.6) is 0 Å². The van der Waals surface area contributed by atoms with Crippen LogP contribution in [0.3, 0.4) is 0 Å². The van der Waals surface area contributed by atoms with Gasteiger partial charge in [0.25, 0.3) is 0 Å². The van der Waals surface area contributed by atoms with E-state index < -0.39 is 0 Å². The summed E-state index contributed by atoms with van der Waals surface area (Å²) in [5.41, 5.74) is 1.32. The minimum absolute atomic E-state index is 1.17. The third-order valence-corrected chi connectivity index (χ3v) is 3.32. The first-order valence-electron chi connectivity index (χ1n) is 4.03. The molecule has 0 N–H and O–H groups in total. The zero-order chi connectivity index (χ0) is 7.68. The Hall–Kier alpha value is -0.430. The van der Waals surface area contributed by atoms with Gasteiger partial charge in [0.2, 0.25) is 0 Å². The van der Waals surface area contributed by atoms with Crippen LogP contribution in [0.15, 0.2) is 30.3 Å². The van der Waals surface area contributed by atoms with Gasteiger partial charge in [0, 0.05) is 10.5 Å². The second-order valence-electron chi connectivity index (χ2n) is 3.10. The molecule has 0 spiro atoms. The molecule has 2 unspecified atom stereocenters. The summed E-state index contributed by atoms with van der Waals surface area (Å²) in [6, 6.07) is 10.3. The van der Waals surface area contributed by atoms with Crippen molar-refractivity contribution in [3.05, 3.63) is 35.9 Å². The van der Waals surface area contributed by atoms with Crippen LogP contribution >= 0.6 is 11.8 Å². The van der Waals surface area contributed by atoms with Crippen molar-refractivity contribution in [2.45, 2.75) is 23.8 Å². The standard InChI is InChI=1S/C7H8.C3H4S/c1-7-5-3-2-4-6-7;1-2-3(1)4-2/h2-6H,1H3;2-3H,1H2. The second kappa shape index (κ2) is 2.90. The van der Waals surface area contributed by atoms with Crippen molar-refractivity contribution in [3.8, 4) is 0 Å². The SMILES string of the molecule is C1C2SC12.Cc1ccccc1. The fraction of sp³-hybridized carbons (Fsp3) is 0.400. The van der Waals surface area contributed by atoms with Crippen molar-refractivity contribution in [1.82, 2.24) is 0 Å². The molecule has 1 aromatic carbocycles. The number of aryl methyl sites for hydroxylation is 1. The van der Waals surface area contributed by atoms with E-state index in [1.54, 1.807) is 6.42 Å². The number of benzene rings is 1. The Bertz CT molecular complexity index is 218. The Morgan fingerprint density at radius 3 is 1.82 bits per heavy atom. The zero-order valence-electron chi connectivity index (χ0n) is 6.66. The average molecular weight is 164 g/mol. The molecule has 58 valence electrons. The number of thioether (sulfide) groups is 1. The average Bonchev–Trinajstić information content (AvgIpc) is 2.74. The van der Waals surface area contributed by atoms with Gasteiger partial charge in [-0.3, -0.25) is 0 Å². The van der Waals surface area contributed by atoms with Crippen LogP contribution in [0.2, 0.25) is 0 Å². The molecule has 0 bridgehead atoms. The monoisotopic (exact) mass is 164 g/mol. The van der Waals surface area contributed by atoms with Crippen LogP contribution in [0.1, 0.15) is 12.0 Å². The lowest BCUT2D eigenvalue weighted by Crippen LogP contribution is -1.62. The zero-order valence-corrected chi connectivity index (χ0v) is 7.47. The van der Waals surface area contributed by atoms with E-state index in [1.807, 2.05) is 18.2 Å².